The number of carbonyl (C=O) groups is 1. The lowest BCUT2D eigenvalue weighted by Gasteiger charge is -2.19. The molecule has 0 spiro atoms. The fourth-order valence-electron chi connectivity index (χ4n) is 3.27. The SMILES string of the molecule is CC1CCc2c(C(=O)NC(C)CCc3ccccc3)csc2C1. The molecule has 2 atom stereocenters. The largest absolute Gasteiger partial charge is 0.350 e. The van der Waals surface area contributed by atoms with Crippen LogP contribution in [0.15, 0.2) is 35.7 Å². The highest BCUT2D eigenvalue weighted by Crippen LogP contribution is 2.32. The summed E-state index contributed by atoms with van der Waals surface area (Å²) >= 11 is 1.76. The molecule has 1 amide bonds. The Balaban J connectivity index is 1.57. The van der Waals surface area contributed by atoms with Gasteiger partial charge in [0.1, 0.15) is 0 Å². The molecule has 0 saturated heterocycles. The first-order chi connectivity index (χ1) is 11.1. The van der Waals surface area contributed by atoms with Crippen LogP contribution in [-0.2, 0) is 19.3 Å². The van der Waals surface area contributed by atoms with Crippen molar-refractivity contribution in [2.45, 2.75) is 52.0 Å². The van der Waals surface area contributed by atoms with Gasteiger partial charge in [0, 0.05) is 16.3 Å². The second kappa shape index (κ2) is 7.31. The normalized spacial score (nSPS) is 18.3. The minimum atomic E-state index is 0.109. The van der Waals surface area contributed by atoms with E-state index in [2.05, 4.69) is 48.8 Å². The molecule has 2 aromatic rings. The third-order valence-electron chi connectivity index (χ3n) is 4.73. The number of aryl methyl sites for hydroxylation is 1. The van der Waals surface area contributed by atoms with Crippen molar-refractivity contribution >= 4 is 17.2 Å². The smallest absolute Gasteiger partial charge is 0.252 e. The van der Waals surface area contributed by atoms with Gasteiger partial charge in [0.25, 0.3) is 5.91 Å². The van der Waals surface area contributed by atoms with Crippen LogP contribution >= 0.6 is 11.3 Å². The maximum absolute atomic E-state index is 12.6. The average molecular weight is 327 g/mol. The lowest BCUT2D eigenvalue weighted by Crippen LogP contribution is -2.33. The number of thiophene rings is 1. The summed E-state index contributed by atoms with van der Waals surface area (Å²) < 4.78 is 0. The zero-order valence-corrected chi connectivity index (χ0v) is 14.8. The van der Waals surface area contributed by atoms with Crippen LogP contribution in [0.1, 0.15) is 53.1 Å². The summed E-state index contributed by atoms with van der Waals surface area (Å²) in [6.45, 7) is 4.40. The first kappa shape index (κ1) is 16.3. The number of nitrogens with one attached hydrogen (secondary N) is 1. The molecule has 1 aliphatic rings. The summed E-state index contributed by atoms with van der Waals surface area (Å²) in [5, 5.41) is 5.24. The first-order valence-electron chi connectivity index (χ1n) is 8.57. The highest BCUT2D eigenvalue weighted by molar-refractivity contribution is 7.10. The molecule has 0 saturated carbocycles. The number of rotatable bonds is 5. The molecule has 1 heterocycles. The molecule has 2 nitrogen and oxygen atoms in total. The van der Waals surface area contributed by atoms with Gasteiger partial charge in [-0.05, 0) is 56.1 Å². The van der Waals surface area contributed by atoms with Crippen LogP contribution in [0.4, 0.5) is 0 Å². The lowest BCUT2D eigenvalue weighted by atomic mass is 9.88. The van der Waals surface area contributed by atoms with E-state index < -0.39 is 0 Å². The second-order valence-electron chi connectivity index (χ2n) is 6.80. The number of carbonyl (C=O) groups excluding carboxylic acids is 1. The fraction of sp³-hybridized carbons (Fsp3) is 0.450. The third-order valence-corrected chi connectivity index (χ3v) is 5.78. The van der Waals surface area contributed by atoms with Crippen molar-refractivity contribution in [3.63, 3.8) is 0 Å². The Labute approximate surface area is 142 Å². The monoisotopic (exact) mass is 327 g/mol. The molecular formula is C20H25NOS. The molecule has 1 N–H and O–H groups in total. The summed E-state index contributed by atoms with van der Waals surface area (Å²) in [4.78, 5) is 14.0. The van der Waals surface area contributed by atoms with Crippen molar-refractivity contribution in [2.24, 2.45) is 5.92 Å². The van der Waals surface area contributed by atoms with Gasteiger partial charge in [0.15, 0.2) is 0 Å². The van der Waals surface area contributed by atoms with Crippen LogP contribution in [0, 0.1) is 5.92 Å². The van der Waals surface area contributed by atoms with Gasteiger partial charge < -0.3 is 5.32 Å². The van der Waals surface area contributed by atoms with Crippen molar-refractivity contribution in [1.29, 1.82) is 0 Å². The van der Waals surface area contributed by atoms with Gasteiger partial charge in [0.2, 0.25) is 0 Å². The van der Waals surface area contributed by atoms with Crippen LogP contribution in [0.2, 0.25) is 0 Å². The minimum absolute atomic E-state index is 0.109. The number of benzene rings is 1. The van der Waals surface area contributed by atoms with E-state index in [1.807, 2.05) is 6.07 Å². The molecule has 3 heteroatoms. The zero-order valence-electron chi connectivity index (χ0n) is 14.0. The van der Waals surface area contributed by atoms with Gasteiger partial charge >= 0.3 is 0 Å². The third kappa shape index (κ3) is 4.03. The average Bonchev–Trinajstić information content (AvgIpc) is 2.97. The van der Waals surface area contributed by atoms with Gasteiger partial charge in [0.05, 0.1) is 5.56 Å². The van der Waals surface area contributed by atoms with Gasteiger partial charge in [-0.15, -0.1) is 11.3 Å². The molecule has 0 bridgehead atoms. The molecule has 0 radical (unpaired) electrons. The predicted octanol–water partition coefficient (Wildman–Crippen LogP) is 4.62. The number of hydrogen-bond acceptors (Lipinski definition) is 2. The van der Waals surface area contributed by atoms with E-state index in [1.165, 1.54) is 22.4 Å². The Kier molecular flexibility index (Phi) is 5.16. The maximum atomic E-state index is 12.6. The summed E-state index contributed by atoms with van der Waals surface area (Å²) in [5.74, 6) is 0.861. The molecule has 122 valence electrons. The summed E-state index contributed by atoms with van der Waals surface area (Å²) in [6.07, 6.45) is 5.37. The molecule has 2 unspecified atom stereocenters. The Morgan fingerprint density at radius 1 is 1.35 bits per heavy atom. The number of hydrogen-bond donors (Lipinski definition) is 1. The maximum Gasteiger partial charge on any atom is 0.252 e. The van der Waals surface area contributed by atoms with Crippen LogP contribution < -0.4 is 5.32 Å². The van der Waals surface area contributed by atoms with Crippen LogP contribution in [-0.4, -0.2) is 11.9 Å². The molecule has 1 aromatic heterocycles. The minimum Gasteiger partial charge on any atom is -0.350 e. The molecular weight excluding hydrogens is 302 g/mol. The summed E-state index contributed by atoms with van der Waals surface area (Å²) in [7, 11) is 0. The van der Waals surface area contributed by atoms with E-state index in [9.17, 15) is 4.79 Å². The quantitative estimate of drug-likeness (QED) is 0.853. The Morgan fingerprint density at radius 3 is 2.91 bits per heavy atom. The van der Waals surface area contributed by atoms with E-state index in [-0.39, 0.29) is 11.9 Å². The van der Waals surface area contributed by atoms with Gasteiger partial charge in [-0.25, -0.2) is 0 Å². The zero-order chi connectivity index (χ0) is 16.2. The Bertz CT molecular complexity index is 662. The van der Waals surface area contributed by atoms with Crippen LogP contribution in [0.25, 0.3) is 0 Å². The lowest BCUT2D eigenvalue weighted by molar-refractivity contribution is 0.0937. The number of amides is 1. The van der Waals surface area contributed by atoms with Gasteiger partial charge in [-0.3, -0.25) is 4.79 Å². The van der Waals surface area contributed by atoms with E-state index in [0.717, 1.165) is 37.2 Å². The topological polar surface area (TPSA) is 29.1 Å². The summed E-state index contributed by atoms with van der Waals surface area (Å²) in [5.41, 5.74) is 3.56. The van der Waals surface area contributed by atoms with Crippen LogP contribution in [0.3, 0.4) is 0 Å². The van der Waals surface area contributed by atoms with Gasteiger partial charge in [-0.2, -0.15) is 0 Å². The van der Waals surface area contributed by atoms with E-state index in [0.29, 0.717) is 0 Å². The van der Waals surface area contributed by atoms with Crippen molar-refractivity contribution in [1.82, 2.24) is 5.32 Å². The highest BCUT2D eigenvalue weighted by Gasteiger charge is 2.23. The van der Waals surface area contributed by atoms with Gasteiger partial charge in [-0.1, -0.05) is 37.3 Å². The molecule has 23 heavy (non-hydrogen) atoms. The van der Waals surface area contributed by atoms with E-state index in [1.54, 1.807) is 11.3 Å². The Morgan fingerprint density at radius 2 is 2.13 bits per heavy atom. The predicted molar refractivity (Wildman–Crippen MR) is 97.2 cm³/mol. The second-order valence-corrected chi connectivity index (χ2v) is 7.76. The van der Waals surface area contributed by atoms with E-state index in [4.69, 9.17) is 0 Å². The van der Waals surface area contributed by atoms with E-state index >= 15 is 0 Å². The summed E-state index contributed by atoms with van der Waals surface area (Å²) in [6, 6.07) is 10.7. The van der Waals surface area contributed by atoms with Crippen molar-refractivity contribution in [2.75, 3.05) is 0 Å². The molecule has 3 rings (SSSR count). The standard InChI is InChI=1S/C20H25NOS/c1-14-8-11-17-18(13-23-19(17)12-14)20(22)21-15(2)9-10-16-6-4-3-5-7-16/h3-7,13-15H,8-12H2,1-2H3,(H,21,22). The first-order valence-corrected chi connectivity index (χ1v) is 9.45. The fourth-order valence-corrected chi connectivity index (χ4v) is 4.51. The van der Waals surface area contributed by atoms with Crippen molar-refractivity contribution in [3.8, 4) is 0 Å². The molecule has 0 fully saturated rings. The molecule has 1 aliphatic carbocycles. The molecule has 0 aliphatic heterocycles. The van der Waals surface area contributed by atoms with Crippen molar-refractivity contribution in [3.05, 3.63) is 57.3 Å². The highest BCUT2D eigenvalue weighted by atomic mass is 32.1. The number of fused-ring (bicyclic) bond motifs is 1. The molecule has 1 aromatic carbocycles. The van der Waals surface area contributed by atoms with Crippen molar-refractivity contribution < 1.29 is 4.79 Å². The Hall–Kier alpha value is -1.61. The van der Waals surface area contributed by atoms with Crippen LogP contribution in [0.5, 0.6) is 0 Å².